The van der Waals surface area contributed by atoms with Gasteiger partial charge in [0.2, 0.25) is 0 Å². The number of nitriles is 1. The third-order valence-electron chi connectivity index (χ3n) is 3.22. The molecule has 1 fully saturated rings. The van der Waals surface area contributed by atoms with Crippen molar-refractivity contribution in [2.24, 2.45) is 5.92 Å². The summed E-state index contributed by atoms with van der Waals surface area (Å²) in [6, 6.07) is 7.45. The van der Waals surface area contributed by atoms with Crippen LogP contribution in [0.3, 0.4) is 0 Å². The van der Waals surface area contributed by atoms with Crippen molar-refractivity contribution in [1.82, 2.24) is 0 Å². The van der Waals surface area contributed by atoms with Gasteiger partial charge in [-0.1, -0.05) is 15.9 Å². The van der Waals surface area contributed by atoms with Crippen LogP contribution in [0.5, 0.6) is 5.75 Å². The van der Waals surface area contributed by atoms with Crippen LogP contribution in [0.25, 0.3) is 0 Å². The number of halogens is 1. The van der Waals surface area contributed by atoms with Gasteiger partial charge in [0.1, 0.15) is 17.6 Å². The Morgan fingerprint density at radius 2 is 2.33 bits per heavy atom. The lowest BCUT2D eigenvalue weighted by molar-refractivity contribution is -0.121. The molecular formula is C14H14BrNO2. The highest BCUT2D eigenvalue weighted by Crippen LogP contribution is 2.26. The van der Waals surface area contributed by atoms with E-state index in [0.717, 1.165) is 23.7 Å². The minimum absolute atomic E-state index is 0.158. The second-order valence-electron chi connectivity index (χ2n) is 4.44. The van der Waals surface area contributed by atoms with E-state index in [-0.39, 0.29) is 5.92 Å². The first-order valence-electron chi connectivity index (χ1n) is 6.06. The van der Waals surface area contributed by atoms with E-state index in [9.17, 15) is 4.79 Å². The van der Waals surface area contributed by atoms with E-state index in [1.165, 1.54) is 0 Å². The summed E-state index contributed by atoms with van der Waals surface area (Å²) in [4.78, 5) is 11.5. The number of hydrogen-bond donors (Lipinski definition) is 0. The minimum Gasteiger partial charge on any atom is -0.492 e. The molecule has 1 atom stereocenters. The number of Topliss-reactive ketones (excluding diaryl/α,β-unsaturated/α-hetero) is 1. The first kappa shape index (κ1) is 13.1. The summed E-state index contributed by atoms with van der Waals surface area (Å²) in [6.45, 7) is 0.493. The van der Waals surface area contributed by atoms with Crippen molar-refractivity contribution < 1.29 is 9.53 Å². The lowest BCUT2D eigenvalue weighted by Gasteiger charge is -2.10. The normalized spacial score (nSPS) is 18.7. The molecule has 1 unspecified atom stereocenters. The molecule has 1 aliphatic rings. The molecule has 0 N–H and O–H groups in total. The van der Waals surface area contributed by atoms with E-state index in [0.29, 0.717) is 30.1 Å². The van der Waals surface area contributed by atoms with Gasteiger partial charge in [-0.3, -0.25) is 4.79 Å². The average molecular weight is 308 g/mol. The van der Waals surface area contributed by atoms with Crippen molar-refractivity contribution in [1.29, 1.82) is 5.26 Å². The molecule has 0 bridgehead atoms. The summed E-state index contributed by atoms with van der Waals surface area (Å²) >= 11 is 3.32. The molecule has 4 heteroatoms. The largest absolute Gasteiger partial charge is 0.492 e. The molecule has 1 saturated carbocycles. The molecule has 0 radical (unpaired) electrons. The molecule has 1 aliphatic carbocycles. The summed E-state index contributed by atoms with van der Waals surface area (Å²) in [7, 11) is 0. The molecular weight excluding hydrogens is 294 g/mol. The maximum atomic E-state index is 11.5. The Morgan fingerprint density at radius 1 is 1.50 bits per heavy atom. The average Bonchev–Trinajstić information content (AvgIpc) is 2.77. The van der Waals surface area contributed by atoms with Gasteiger partial charge in [-0.05, 0) is 37.5 Å². The van der Waals surface area contributed by atoms with Crippen molar-refractivity contribution in [2.75, 3.05) is 6.61 Å². The highest BCUT2D eigenvalue weighted by molar-refractivity contribution is 9.10. The Balaban J connectivity index is 1.90. The van der Waals surface area contributed by atoms with Crippen molar-refractivity contribution in [3.63, 3.8) is 0 Å². The zero-order valence-electron chi connectivity index (χ0n) is 9.99. The van der Waals surface area contributed by atoms with E-state index in [1.54, 1.807) is 12.1 Å². The molecule has 0 heterocycles. The standard InChI is InChI=1S/C14H14BrNO2/c15-12-4-5-14(11(8-12)9-16)18-7-6-10-2-1-3-13(10)17/h4-5,8,10H,1-3,6-7H2. The molecule has 2 rings (SSSR count). The van der Waals surface area contributed by atoms with Gasteiger partial charge in [-0.2, -0.15) is 5.26 Å². The summed E-state index contributed by atoms with van der Waals surface area (Å²) in [5, 5.41) is 8.99. The van der Waals surface area contributed by atoms with Crippen molar-refractivity contribution in [3.05, 3.63) is 28.2 Å². The van der Waals surface area contributed by atoms with E-state index >= 15 is 0 Å². The molecule has 0 spiro atoms. The fraction of sp³-hybridized carbons (Fsp3) is 0.429. The number of benzene rings is 1. The fourth-order valence-corrected chi connectivity index (χ4v) is 2.58. The van der Waals surface area contributed by atoms with Crippen LogP contribution >= 0.6 is 15.9 Å². The molecule has 0 aromatic heterocycles. The Labute approximate surface area is 115 Å². The Kier molecular flexibility index (Phi) is 4.38. The van der Waals surface area contributed by atoms with Crippen LogP contribution in [0.4, 0.5) is 0 Å². The molecule has 0 amide bonds. The van der Waals surface area contributed by atoms with Gasteiger partial charge in [0, 0.05) is 16.8 Å². The number of nitrogens with zero attached hydrogens (tertiary/aromatic N) is 1. The van der Waals surface area contributed by atoms with Gasteiger partial charge >= 0.3 is 0 Å². The SMILES string of the molecule is N#Cc1cc(Br)ccc1OCCC1CCCC1=O. The van der Waals surface area contributed by atoms with Gasteiger partial charge in [-0.15, -0.1) is 0 Å². The molecule has 1 aromatic rings. The van der Waals surface area contributed by atoms with Crippen molar-refractivity contribution in [2.45, 2.75) is 25.7 Å². The van der Waals surface area contributed by atoms with Gasteiger partial charge in [0.05, 0.1) is 12.2 Å². The number of ether oxygens (including phenoxy) is 1. The van der Waals surface area contributed by atoms with Crippen LogP contribution in [0.1, 0.15) is 31.2 Å². The third kappa shape index (κ3) is 3.11. The number of ketones is 1. The van der Waals surface area contributed by atoms with Crippen LogP contribution in [0.15, 0.2) is 22.7 Å². The molecule has 0 saturated heterocycles. The predicted octanol–water partition coefficient (Wildman–Crippen LogP) is 3.46. The number of carbonyl (C=O) groups excluding carboxylic acids is 1. The van der Waals surface area contributed by atoms with Gasteiger partial charge in [0.15, 0.2) is 0 Å². The predicted molar refractivity (Wildman–Crippen MR) is 71.3 cm³/mol. The molecule has 3 nitrogen and oxygen atoms in total. The molecule has 18 heavy (non-hydrogen) atoms. The maximum Gasteiger partial charge on any atom is 0.137 e. The summed E-state index contributed by atoms with van der Waals surface area (Å²) in [6.07, 6.45) is 3.45. The Morgan fingerprint density at radius 3 is 3.00 bits per heavy atom. The lowest BCUT2D eigenvalue weighted by Crippen LogP contribution is -2.11. The first-order valence-corrected chi connectivity index (χ1v) is 6.85. The molecule has 0 aliphatic heterocycles. The number of rotatable bonds is 4. The van der Waals surface area contributed by atoms with E-state index in [2.05, 4.69) is 22.0 Å². The van der Waals surface area contributed by atoms with E-state index in [4.69, 9.17) is 10.00 Å². The zero-order chi connectivity index (χ0) is 13.0. The monoisotopic (exact) mass is 307 g/mol. The Hall–Kier alpha value is -1.34. The summed E-state index contributed by atoms with van der Waals surface area (Å²) < 4.78 is 6.46. The first-order chi connectivity index (χ1) is 8.70. The number of carbonyl (C=O) groups is 1. The van der Waals surface area contributed by atoms with Gasteiger partial charge in [-0.25, -0.2) is 0 Å². The third-order valence-corrected chi connectivity index (χ3v) is 3.71. The number of hydrogen-bond acceptors (Lipinski definition) is 3. The quantitative estimate of drug-likeness (QED) is 0.856. The van der Waals surface area contributed by atoms with Crippen LogP contribution < -0.4 is 4.74 Å². The minimum atomic E-state index is 0.158. The smallest absolute Gasteiger partial charge is 0.137 e. The maximum absolute atomic E-state index is 11.5. The Bertz CT molecular complexity index is 493. The van der Waals surface area contributed by atoms with Crippen molar-refractivity contribution in [3.8, 4) is 11.8 Å². The van der Waals surface area contributed by atoms with E-state index < -0.39 is 0 Å². The molecule has 1 aromatic carbocycles. The van der Waals surface area contributed by atoms with Gasteiger partial charge in [0.25, 0.3) is 0 Å². The van der Waals surface area contributed by atoms with Gasteiger partial charge < -0.3 is 4.74 Å². The second kappa shape index (κ2) is 6.01. The second-order valence-corrected chi connectivity index (χ2v) is 5.36. The lowest BCUT2D eigenvalue weighted by atomic mass is 10.0. The zero-order valence-corrected chi connectivity index (χ0v) is 11.6. The summed E-state index contributed by atoms with van der Waals surface area (Å²) in [5.41, 5.74) is 0.516. The molecule has 94 valence electrons. The van der Waals surface area contributed by atoms with Crippen LogP contribution in [-0.4, -0.2) is 12.4 Å². The van der Waals surface area contributed by atoms with Crippen LogP contribution in [-0.2, 0) is 4.79 Å². The fourth-order valence-electron chi connectivity index (χ4n) is 2.22. The van der Waals surface area contributed by atoms with Crippen LogP contribution in [0, 0.1) is 17.2 Å². The topological polar surface area (TPSA) is 50.1 Å². The van der Waals surface area contributed by atoms with Crippen LogP contribution in [0.2, 0.25) is 0 Å². The highest BCUT2D eigenvalue weighted by Gasteiger charge is 2.23. The summed E-state index contributed by atoms with van der Waals surface area (Å²) in [5.74, 6) is 1.10. The van der Waals surface area contributed by atoms with Crippen molar-refractivity contribution >= 4 is 21.7 Å². The highest BCUT2D eigenvalue weighted by atomic mass is 79.9. The van der Waals surface area contributed by atoms with E-state index in [1.807, 2.05) is 6.07 Å².